The van der Waals surface area contributed by atoms with Crippen molar-refractivity contribution in [2.24, 2.45) is 0 Å². The summed E-state index contributed by atoms with van der Waals surface area (Å²) in [4.78, 5) is 0. The van der Waals surface area contributed by atoms with Crippen LogP contribution in [0.1, 0.15) is 26.2 Å². The Bertz CT molecular complexity index is 208. The molecule has 0 heterocycles. The van der Waals surface area contributed by atoms with Crippen molar-refractivity contribution >= 4 is 26.0 Å². The molecule has 0 spiro atoms. The molecule has 0 saturated heterocycles. The van der Waals surface area contributed by atoms with E-state index in [1.807, 2.05) is 0 Å². The molecule has 0 unspecified atom stereocenters. The molecule has 0 aliphatic carbocycles. The van der Waals surface area contributed by atoms with Gasteiger partial charge in [0.15, 0.2) is 0 Å². The first-order valence-corrected chi connectivity index (χ1v) is 7.50. The van der Waals surface area contributed by atoms with Crippen molar-refractivity contribution in [1.82, 2.24) is 4.31 Å². The molecular weight excluding hydrogens is 254 g/mol. The molecule has 0 aliphatic heterocycles. The Labute approximate surface area is 89.7 Å². The predicted molar refractivity (Wildman–Crippen MR) is 59.7 cm³/mol. The van der Waals surface area contributed by atoms with Crippen LogP contribution in [0.5, 0.6) is 0 Å². The summed E-state index contributed by atoms with van der Waals surface area (Å²) in [6.07, 6.45) is 4.11. The maximum atomic E-state index is 11.3. The Morgan fingerprint density at radius 1 is 1.23 bits per heavy atom. The van der Waals surface area contributed by atoms with Gasteiger partial charge in [-0.1, -0.05) is 29.3 Å². The molecule has 0 fully saturated rings. The van der Waals surface area contributed by atoms with Gasteiger partial charge >= 0.3 is 0 Å². The highest BCUT2D eigenvalue weighted by atomic mass is 79.9. The Kier molecular flexibility index (Phi) is 6.99. The van der Waals surface area contributed by atoms with Crippen LogP contribution in [-0.4, -0.2) is 37.4 Å². The molecule has 0 aromatic carbocycles. The number of alkyl halides is 1. The van der Waals surface area contributed by atoms with Crippen LogP contribution in [0, 0.1) is 0 Å². The fourth-order valence-electron chi connectivity index (χ4n) is 1.01. The van der Waals surface area contributed by atoms with E-state index < -0.39 is 10.0 Å². The van der Waals surface area contributed by atoms with Gasteiger partial charge in [0.2, 0.25) is 10.0 Å². The molecule has 0 aliphatic rings. The van der Waals surface area contributed by atoms with Gasteiger partial charge in [-0.2, -0.15) is 0 Å². The van der Waals surface area contributed by atoms with E-state index in [1.54, 1.807) is 4.31 Å². The van der Waals surface area contributed by atoms with Gasteiger partial charge in [-0.25, -0.2) is 12.7 Å². The van der Waals surface area contributed by atoms with E-state index in [0.717, 1.165) is 24.6 Å². The van der Waals surface area contributed by atoms with Crippen LogP contribution in [-0.2, 0) is 10.0 Å². The summed E-state index contributed by atoms with van der Waals surface area (Å²) in [7, 11) is -3.00. The van der Waals surface area contributed by atoms with Crippen molar-refractivity contribution in [3.8, 4) is 0 Å². The molecule has 0 aromatic rings. The molecule has 80 valence electrons. The Morgan fingerprint density at radius 2 is 1.77 bits per heavy atom. The third-order valence-electron chi connectivity index (χ3n) is 1.77. The average molecular weight is 272 g/mol. The van der Waals surface area contributed by atoms with Crippen molar-refractivity contribution in [2.75, 3.05) is 24.7 Å². The molecule has 0 N–H and O–H groups in total. The molecule has 13 heavy (non-hydrogen) atoms. The lowest BCUT2D eigenvalue weighted by molar-refractivity contribution is 0.407. The number of hydrogen-bond donors (Lipinski definition) is 0. The normalized spacial score (nSPS) is 12.3. The fraction of sp³-hybridized carbons (Fsp3) is 1.00. The monoisotopic (exact) mass is 271 g/mol. The van der Waals surface area contributed by atoms with Gasteiger partial charge in [-0.3, -0.25) is 0 Å². The van der Waals surface area contributed by atoms with E-state index in [9.17, 15) is 8.42 Å². The first kappa shape index (κ1) is 13.4. The number of halogens is 1. The summed E-state index contributed by atoms with van der Waals surface area (Å²) in [5.41, 5.74) is 0. The Morgan fingerprint density at radius 3 is 2.15 bits per heavy atom. The van der Waals surface area contributed by atoms with E-state index in [2.05, 4.69) is 22.9 Å². The van der Waals surface area contributed by atoms with Gasteiger partial charge in [0.1, 0.15) is 0 Å². The minimum atomic E-state index is -3.00. The molecule has 3 nitrogen and oxygen atoms in total. The first-order valence-electron chi connectivity index (χ1n) is 4.53. The predicted octanol–water partition coefficient (Wildman–Crippen LogP) is 1.83. The number of rotatable bonds is 7. The van der Waals surface area contributed by atoms with E-state index in [-0.39, 0.29) is 0 Å². The zero-order valence-electron chi connectivity index (χ0n) is 8.29. The second-order valence-corrected chi connectivity index (χ2v) is 5.83. The van der Waals surface area contributed by atoms with Gasteiger partial charge in [0.25, 0.3) is 0 Å². The van der Waals surface area contributed by atoms with Crippen LogP contribution in [0.25, 0.3) is 0 Å². The number of unbranched alkanes of at least 4 members (excludes halogenated alkanes) is 1. The molecule has 5 heteroatoms. The fourth-order valence-corrected chi connectivity index (χ4v) is 2.19. The highest BCUT2D eigenvalue weighted by molar-refractivity contribution is 9.09. The number of nitrogens with zero attached hydrogens (tertiary/aromatic N) is 1. The molecule has 0 radical (unpaired) electrons. The largest absolute Gasteiger partial charge is 0.213 e. The van der Waals surface area contributed by atoms with Gasteiger partial charge in [0, 0.05) is 18.4 Å². The minimum Gasteiger partial charge on any atom is -0.213 e. The first-order chi connectivity index (χ1) is 6.02. The lowest BCUT2D eigenvalue weighted by Gasteiger charge is -2.18. The van der Waals surface area contributed by atoms with E-state index in [0.29, 0.717) is 13.1 Å². The quantitative estimate of drug-likeness (QED) is 0.663. The van der Waals surface area contributed by atoms with Crippen molar-refractivity contribution in [3.05, 3.63) is 0 Å². The van der Waals surface area contributed by atoms with Crippen LogP contribution >= 0.6 is 15.9 Å². The standard InChI is InChI=1S/C8H18BrNO2S/c1-3-4-7-10(8-5-6-9)13(2,11)12/h3-8H2,1-2H3. The van der Waals surface area contributed by atoms with Crippen molar-refractivity contribution in [3.63, 3.8) is 0 Å². The van der Waals surface area contributed by atoms with Gasteiger partial charge in [0.05, 0.1) is 6.26 Å². The highest BCUT2D eigenvalue weighted by Crippen LogP contribution is 2.03. The second kappa shape index (κ2) is 6.79. The third kappa shape index (κ3) is 6.46. The van der Waals surface area contributed by atoms with Crippen LogP contribution in [0.4, 0.5) is 0 Å². The second-order valence-electron chi connectivity index (χ2n) is 3.06. The van der Waals surface area contributed by atoms with Crippen LogP contribution in [0.2, 0.25) is 0 Å². The number of sulfonamides is 1. The van der Waals surface area contributed by atoms with Gasteiger partial charge in [-0.15, -0.1) is 0 Å². The van der Waals surface area contributed by atoms with E-state index >= 15 is 0 Å². The summed E-state index contributed by atoms with van der Waals surface area (Å²) in [5, 5.41) is 0.852. The molecule has 0 amide bonds. The molecule has 0 atom stereocenters. The topological polar surface area (TPSA) is 37.4 Å². The minimum absolute atomic E-state index is 0.629. The highest BCUT2D eigenvalue weighted by Gasteiger charge is 2.14. The molecule has 0 saturated carbocycles. The van der Waals surface area contributed by atoms with Gasteiger partial charge in [-0.05, 0) is 12.8 Å². The van der Waals surface area contributed by atoms with Crippen molar-refractivity contribution in [1.29, 1.82) is 0 Å². The zero-order chi connectivity index (χ0) is 10.3. The van der Waals surface area contributed by atoms with Crippen LogP contribution in [0.3, 0.4) is 0 Å². The summed E-state index contributed by atoms with van der Waals surface area (Å²) >= 11 is 3.29. The molecular formula is C8H18BrNO2S. The molecule has 0 rings (SSSR count). The van der Waals surface area contributed by atoms with E-state index in [1.165, 1.54) is 6.26 Å². The Hall–Kier alpha value is 0.390. The SMILES string of the molecule is CCCCN(CCCBr)S(C)(=O)=O. The lowest BCUT2D eigenvalue weighted by Crippen LogP contribution is -2.32. The maximum Gasteiger partial charge on any atom is 0.211 e. The lowest BCUT2D eigenvalue weighted by atomic mass is 10.3. The van der Waals surface area contributed by atoms with Crippen LogP contribution < -0.4 is 0 Å². The summed E-state index contributed by atoms with van der Waals surface area (Å²) in [6.45, 7) is 3.34. The van der Waals surface area contributed by atoms with Crippen molar-refractivity contribution < 1.29 is 8.42 Å². The summed E-state index contributed by atoms with van der Waals surface area (Å²) in [6, 6.07) is 0. The van der Waals surface area contributed by atoms with Gasteiger partial charge < -0.3 is 0 Å². The van der Waals surface area contributed by atoms with E-state index in [4.69, 9.17) is 0 Å². The zero-order valence-corrected chi connectivity index (χ0v) is 10.7. The number of hydrogen-bond acceptors (Lipinski definition) is 2. The van der Waals surface area contributed by atoms with Crippen LogP contribution in [0.15, 0.2) is 0 Å². The third-order valence-corrected chi connectivity index (χ3v) is 3.64. The summed E-state index contributed by atoms with van der Waals surface area (Å²) < 4.78 is 24.1. The van der Waals surface area contributed by atoms with Crippen molar-refractivity contribution in [2.45, 2.75) is 26.2 Å². The molecule has 0 bridgehead atoms. The Balaban J connectivity index is 4.04. The summed E-state index contributed by atoms with van der Waals surface area (Å²) in [5.74, 6) is 0. The average Bonchev–Trinajstić information content (AvgIpc) is 2.02. The smallest absolute Gasteiger partial charge is 0.211 e. The maximum absolute atomic E-state index is 11.3. The molecule has 0 aromatic heterocycles.